The largest absolute Gasteiger partial charge is 0.497 e. The van der Waals surface area contributed by atoms with Gasteiger partial charge in [-0.15, -0.1) is 0 Å². The number of benzene rings is 2. The Labute approximate surface area is 182 Å². The second-order valence-corrected chi connectivity index (χ2v) is 7.84. The molecule has 2 aliphatic rings. The highest BCUT2D eigenvalue weighted by Crippen LogP contribution is 2.45. The molecule has 2 unspecified atom stereocenters. The van der Waals surface area contributed by atoms with Crippen molar-refractivity contribution in [2.75, 3.05) is 20.8 Å². The summed E-state index contributed by atoms with van der Waals surface area (Å²) in [5, 5.41) is 2.97. The first kappa shape index (κ1) is 21.0. The molecule has 1 heterocycles. The van der Waals surface area contributed by atoms with Gasteiger partial charge in [0.25, 0.3) is 0 Å². The smallest absolute Gasteiger partial charge is 0.225 e. The zero-order chi connectivity index (χ0) is 22.0. The first-order valence-electron chi connectivity index (χ1n) is 10.5. The van der Waals surface area contributed by atoms with Gasteiger partial charge in [0.2, 0.25) is 5.91 Å². The summed E-state index contributed by atoms with van der Waals surface area (Å²) >= 11 is 0. The van der Waals surface area contributed by atoms with Crippen LogP contribution in [0.4, 0.5) is 0 Å². The van der Waals surface area contributed by atoms with Crippen molar-refractivity contribution in [3.63, 3.8) is 0 Å². The highest BCUT2D eigenvalue weighted by Gasteiger charge is 2.39. The van der Waals surface area contributed by atoms with Gasteiger partial charge in [-0.05, 0) is 49.2 Å². The van der Waals surface area contributed by atoms with Crippen LogP contribution < -0.4 is 19.5 Å². The van der Waals surface area contributed by atoms with Crippen molar-refractivity contribution >= 4 is 11.7 Å². The van der Waals surface area contributed by atoms with Crippen LogP contribution in [-0.4, -0.2) is 32.5 Å². The molecule has 2 atom stereocenters. The number of hydrogen-bond donors (Lipinski definition) is 1. The quantitative estimate of drug-likeness (QED) is 0.760. The summed E-state index contributed by atoms with van der Waals surface area (Å²) in [5.41, 5.74) is 3.27. The maximum atomic E-state index is 13.4. The fourth-order valence-corrected chi connectivity index (χ4v) is 4.61. The van der Waals surface area contributed by atoms with E-state index in [-0.39, 0.29) is 29.9 Å². The Bertz CT molecular complexity index is 1040. The molecule has 1 aliphatic carbocycles. The molecule has 0 fully saturated rings. The number of ketones is 1. The molecule has 0 saturated heterocycles. The number of rotatable bonds is 6. The standard InChI is InChI=1S/C25H27NO5/c1-4-31-18-7-5-6-15(10-18)20-14-24(28)26-21-11-16(12-22(27)25(20)21)19-13-17(29-2)8-9-23(19)30-3/h5-10,13,16,20H,4,11-12,14H2,1-3H3,(H,26,28). The van der Waals surface area contributed by atoms with Gasteiger partial charge in [-0.2, -0.15) is 0 Å². The minimum Gasteiger partial charge on any atom is -0.497 e. The number of carbonyl (C=O) groups is 2. The Kier molecular flexibility index (Phi) is 5.98. The summed E-state index contributed by atoms with van der Waals surface area (Å²) in [6.07, 6.45) is 1.19. The maximum Gasteiger partial charge on any atom is 0.225 e. The monoisotopic (exact) mass is 421 g/mol. The van der Waals surface area contributed by atoms with Gasteiger partial charge in [0, 0.05) is 41.5 Å². The third kappa shape index (κ3) is 4.15. The Hall–Kier alpha value is -3.28. The first-order chi connectivity index (χ1) is 15.0. The highest BCUT2D eigenvalue weighted by atomic mass is 16.5. The lowest BCUT2D eigenvalue weighted by molar-refractivity contribution is -0.122. The van der Waals surface area contributed by atoms with Gasteiger partial charge in [-0.1, -0.05) is 12.1 Å². The average molecular weight is 421 g/mol. The van der Waals surface area contributed by atoms with Crippen molar-refractivity contribution in [2.24, 2.45) is 0 Å². The van der Waals surface area contributed by atoms with Crippen LogP contribution in [0.2, 0.25) is 0 Å². The van der Waals surface area contributed by atoms with Crippen LogP contribution >= 0.6 is 0 Å². The van der Waals surface area contributed by atoms with Crippen LogP contribution in [0.25, 0.3) is 0 Å². The van der Waals surface area contributed by atoms with Crippen LogP contribution in [0.15, 0.2) is 53.7 Å². The summed E-state index contributed by atoms with van der Waals surface area (Å²) in [4.78, 5) is 25.9. The van der Waals surface area contributed by atoms with Gasteiger partial charge in [0.1, 0.15) is 17.2 Å². The zero-order valence-corrected chi connectivity index (χ0v) is 18.1. The van der Waals surface area contributed by atoms with E-state index in [1.807, 2.05) is 49.4 Å². The topological polar surface area (TPSA) is 73.9 Å². The van der Waals surface area contributed by atoms with E-state index in [9.17, 15) is 9.59 Å². The molecule has 0 aromatic heterocycles. The van der Waals surface area contributed by atoms with E-state index in [1.165, 1.54) is 0 Å². The minimum atomic E-state index is -0.259. The third-order valence-corrected chi connectivity index (χ3v) is 5.98. The molecule has 1 amide bonds. The van der Waals surface area contributed by atoms with Crippen LogP contribution in [0, 0.1) is 0 Å². The van der Waals surface area contributed by atoms with Crippen molar-refractivity contribution in [3.8, 4) is 17.2 Å². The zero-order valence-electron chi connectivity index (χ0n) is 18.1. The van der Waals surface area contributed by atoms with Crippen LogP contribution in [-0.2, 0) is 9.59 Å². The minimum absolute atomic E-state index is 0.0583. The van der Waals surface area contributed by atoms with Crippen LogP contribution in [0.3, 0.4) is 0 Å². The fraction of sp³-hybridized carbons (Fsp3) is 0.360. The summed E-state index contributed by atoms with van der Waals surface area (Å²) in [5.74, 6) is 1.80. The second kappa shape index (κ2) is 8.84. The third-order valence-electron chi connectivity index (χ3n) is 5.98. The van der Waals surface area contributed by atoms with Gasteiger partial charge >= 0.3 is 0 Å². The van der Waals surface area contributed by atoms with Crippen molar-refractivity contribution in [1.82, 2.24) is 5.32 Å². The number of allylic oxidation sites excluding steroid dienone is 2. The molecule has 0 radical (unpaired) electrons. The van der Waals surface area contributed by atoms with Crippen LogP contribution in [0.5, 0.6) is 17.2 Å². The molecule has 0 bridgehead atoms. The van der Waals surface area contributed by atoms with Gasteiger partial charge in [-0.3, -0.25) is 9.59 Å². The van der Waals surface area contributed by atoms with E-state index < -0.39 is 0 Å². The van der Waals surface area contributed by atoms with E-state index in [0.29, 0.717) is 42.2 Å². The number of hydrogen-bond acceptors (Lipinski definition) is 5. The SMILES string of the molecule is CCOc1cccc(C2CC(=O)NC3=C2C(=O)CC(c2cc(OC)ccc2OC)C3)c1. The number of nitrogens with one attached hydrogen (secondary N) is 1. The van der Waals surface area contributed by atoms with Crippen LogP contribution in [0.1, 0.15) is 49.1 Å². The Balaban J connectivity index is 1.71. The maximum absolute atomic E-state index is 13.4. The molecule has 6 nitrogen and oxygen atoms in total. The van der Waals surface area contributed by atoms with E-state index >= 15 is 0 Å². The predicted molar refractivity (Wildman–Crippen MR) is 117 cm³/mol. The van der Waals surface area contributed by atoms with Crippen molar-refractivity contribution in [3.05, 3.63) is 64.9 Å². The molecule has 0 saturated carbocycles. The normalized spacial score (nSPS) is 20.7. The molecule has 1 N–H and O–H groups in total. The Morgan fingerprint density at radius 2 is 1.81 bits per heavy atom. The van der Waals surface area contributed by atoms with Gasteiger partial charge in [-0.25, -0.2) is 0 Å². The van der Waals surface area contributed by atoms with E-state index in [1.54, 1.807) is 14.2 Å². The van der Waals surface area contributed by atoms with E-state index in [2.05, 4.69) is 5.32 Å². The lowest BCUT2D eigenvalue weighted by Crippen LogP contribution is -2.38. The molecule has 31 heavy (non-hydrogen) atoms. The number of amides is 1. The lowest BCUT2D eigenvalue weighted by Gasteiger charge is -2.35. The van der Waals surface area contributed by atoms with E-state index in [4.69, 9.17) is 14.2 Å². The molecular formula is C25H27NO5. The summed E-state index contributed by atoms with van der Waals surface area (Å²) in [7, 11) is 3.23. The highest BCUT2D eigenvalue weighted by molar-refractivity contribution is 6.02. The van der Waals surface area contributed by atoms with E-state index in [0.717, 1.165) is 16.9 Å². The molecular weight excluding hydrogens is 394 g/mol. The molecule has 1 aliphatic heterocycles. The first-order valence-corrected chi connectivity index (χ1v) is 10.5. The number of Topliss-reactive ketones (excluding diaryl/α,β-unsaturated/α-hetero) is 1. The molecule has 4 rings (SSSR count). The van der Waals surface area contributed by atoms with Gasteiger partial charge in [0.15, 0.2) is 5.78 Å². The Morgan fingerprint density at radius 1 is 0.968 bits per heavy atom. The summed E-state index contributed by atoms with van der Waals surface area (Å²) < 4.78 is 16.5. The van der Waals surface area contributed by atoms with Gasteiger partial charge in [0.05, 0.1) is 20.8 Å². The summed E-state index contributed by atoms with van der Waals surface area (Å²) in [6.45, 7) is 2.49. The Morgan fingerprint density at radius 3 is 2.55 bits per heavy atom. The number of carbonyl (C=O) groups excluding carboxylic acids is 2. The van der Waals surface area contributed by atoms with Gasteiger partial charge < -0.3 is 19.5 Å². The molecule has 2 aromatic carbocycles. The van der Waals surface area contributed by atoms with Crippen molar-refractivity contribution < 1.29 is 23.8 Å². The van der Waals surface area contributed by atoms with Crippen molar-refractivity contribution in [2.45, 2.75) is 38.0 Å². The second-order valence-electron chi connectivity index (χ2n) is 7.84. The molecule has 0 spiro atoms. The molecule has 162 valence electrons. The average Bonchev–Trinajstić information content (AvgIpc) is 2.78. The number of methoxy groups -OCH3 is 2. The lowest BCUT2D eigenvalue weighted by atomic mass is 9.73. The van der Waals surface area contributed by atoms with Crippen molar-refractivity contribution in [1.29, 1.82) is 0 Å². The summed E-state index contributed by atoms with van der Waals surface area (Å²) in [6, 6.07) is 13.3. The predicted octanol–water partition coefficient (Wildman–Crippen LogP) is 4.11. The molecule has 2 aromatic rings. The number of ether oxygens (including phenoxy) is 3. The molecule has 6 heteroatoms. The fourth-order valence-electron chi connectivity index (χ4n) is 4.61.